The lowest BCUT2D eigenvalue weighted by molar-refractivity contribution is 0.280. The van der Waals surface area contributed by atoms with Gasteiger partial charge in [0.1, 0.15) is 11.3 Å². The lowest BCUT2D eigenvalue weighted by Gasteiger charge is -2.15. The molecular formula is C13H16N2O3. The first-order valence-corrected chi connectivity index (χ1v) is 5.70. The normalized spacial score (nSPS) is 10.4. The van der Waals surface area contributed by atoms with Gasteiger partial charge >= 0.3 is 0 Å². The highest BCUT2D eigenvalue weighted by molar-refractivity contribution is 5.94. The van der Waals surface area contributed by atoms with Crippen LogP contribution in [0.2, 0.25) is 0 Å². The van der Waals surface area contributed by atoms with Crippen LogP contribution in [-0.4, -0.2) is 31.0 Å². The molecule has 1 N–H and O–H groups in total. The van der Waals surface area contributed by atoms with Crippen molar-refractivity contribution in [2.75, 3.05) is 25.8 Å². The van der Waals surface area contributed by atoms with Crippen molar-refractivity contribution in [3.05, 3.63) is 24.3 Å². The largest absolute Gasteiger partial charge is 0.496 e. The number of ether oxygens (including phenoxy) is 2. The van der Waals surface area contributed by atoms with Gasteiger partial charge in [0.05, 0.1) is 19.4 Å². The molecule has 0 atom stereocenters. The second-order valence-electron chi connectivity index (χ2n) is 3.79. The monoisotopic (exact) mass is 248 g/mol. The molecule has 5 heteroatoms. The highest BCUT2D eigenvalue weighted by Crippen LogP contribution is 2.33. The Kier molecular flexibility index (Phi) is 3.53. The molecule has 1 aromatic heterocycles. The van der Waals surface area contributed by atoms with Crippen molar-refractivity contribution < 1.29 is 14.7 Å². The van der Waals surface area contributed by atoms with E-state index in [2.05, 4.69) is 4.98 Å². The molecule has 96 valence electrons. The minimum absolute atomic E-state index is 0.483. The Morgan fingerprint density at radius 3 is 2.78 bits per heavy atom. The second-order valence-corrected chi connectivity index (χ2v) is 3.79. The van der Waals surface area contributed by atoms with Crippen molar-refractivity contribution in [2.24, 2.45) is 0 Å². The first kappa shape index (κ1) is 12.4. The van der Waals surface area contributed by atoms with Gasteiger partial charge in [0.15, 0.2) is 0 Å². The lowest BCUT2D eigenvalue weighted by Crippen LogP contribution is -2.11. The molecule has 2 rings (SSSR count). The van der Waals surface area contributed by atoms with Gasteiger partial charge in [0.2, 0.25) is 5.88 Å². The van der Waals surface area contributed by atoms with E-state index in [1.165, 1.54) is 0 Å². The van der Waals surface area contributed by atoms with Crippen molar-refractivity contribution in [1.29, 1.82) is 0 Å². The predicted octanol–water partition coefficient (Wildman–Crippen LogP) is 2.47. The van der Waals surface area contributed by atoms with E-state index in [4.69, 9.17) is 9.47 Å². The van der Waals surface area contributed by atoms with Gasteiger partial charge in [-0.25, -0.2) is 4.98 Å². The molecule has 0 aliphatic carbocycles. The molecule has 2 aromatic rings. The summed E-state index contributed by atoms with van der Waals surface area (Å²) in [6.07, 6.45) is 0. The summed E-state index contributed by atoms with van der Waals surface area (Å²) in [6, 6.07) is 7.26. The van der Waals surface area contributed by atoms with Crippen LogP contribution in [0, 0.1) is 0 Å². The summed E-state index contributed by atoms with van der Waals surface area (Å²) < 4.78 is 10.7. The Morgan fingerprint density at radius 2 is 2.17 bits per heavy atom. The number of benzene rings is 1. The molecule has 0 bridgehead atoms. The quantitative estimate of drug-likeness (QED) is 0.842. The summed E-state index contributed by atoms with van der Waals surface area (Å²) >= 11 is 0. The molecule has 0 unspecified atom stereocenters. The third kappa shape index (κ3) is 2.17. The molecule has 18 heavy (non-hydrogen) atoms. The molecule has 0 aliphatic heterocycles. The summed E-state index contributed by atoms with van der Waals surface area (Å²) in [7, 11) is 3.15. The topological polar surface area (TPSA) is 54.8 Å². The summed E-state index contributed by atoms with van der Waals surface area (Å²) in [4.78, 5) is 4.39. The third-order valence-corrected chi connectivity index (χ3v) is 2.62. The van der Waals surface area contributed by atoms with Crippen molar-refractivity contribution in [3.8, 4) is 11.6 Å². The van der Waals surface area contributed by atoms with E-state index in [9.17, 15) is 5.21 Å². The first-order valence-electron chi connectivity index (χ1n) is 5.70. The lowest BCUT2D eigenvalue weighted by atomic mass is 10.1. The van der Waals surface area contributed by atoms with Crippen LogP contribution in [0.25, 0.3) is 10.9 Å². The van der Waals surface area contributed by atoms with Gasteiger partial charge in [0.25, 0.3) is 0 Å². The fraction of sp³-hybridized carbons (Fsp3) is 0.308. The number of nitrogens with zero attached hydrogens (tertiary/aromatic N) is 2. The third-order valence-electron chi connectivity index (χ3n) is 2.62. The molecule has 0 saturated heterocycles. The number of para-hydroxylation sites is 1. The van der Waals surface area contributed by atoms with Crippen LogP contribution in [0.4, 0.5) is 5.69 Å². The average Bonchev–Trinajstić information content (AvgIpc) is 2.37. The molecular weight excluding hydrogens is 232 g/mol. The van der Waals surface area contributed by atoms with Crippen LogP contribution in [-0.2, 0) is 0 Å². The van der Waals surface area contributed by atoms with Gasteiger partial charge in [-0.15, -0.1) is 0 Å². The van der Waals surface area contributed by atoms with Gasteiger partial charge < -0.3 is 9.47 Å². The summed E-state index contributed by atoms with van der Waals surface area (Å²) in [5, 5.41) is 11.5. The zero-order valence-electron chi connectivity index (χ0n) is 10.7. The van der Waals surface area contributed by atoms with Crippen molar-refractivity contribution in [3.63, 3.8) is 0 Å². The molecule has 0 radical (unpaired) electrons. The van der Waals surface area contributed by atoms with Crippen molar-refractivity contribution >= 4 is 16.6 Å². The first-order chi connectivity index (χ1) is 8.67. The standard InChI is InChI=1S/C13H16N2O3/c1-4-18-12-8-11(17-3)9-6-5-7-10(15(2)16)13(9)14-12/h5-8,16H,4H2,1-3H3. The van der Waals surface area contributed by atoms with Gasteiger partial charge in [-0.2, -0.15) is 0 Å². The summed E-state index contributed by atoms with van der Waals surface area (Å²) in [5.74, 6) is 1.16. The number of hydrogen-bond acceptors (Lipinski definition) is 5. The number of hydrogen-bond donors (Lipinski definition) is 1. The summed E-state index contributed by atoms with van der Waals surface area (Å²) in [6.45, 7) is 2.42. The molecule has 0 spiro atoms. The summed E-state index contributed by atoms with van der Waals surface area (Å²) in [5.41, 5.74) is 1.25. The maximum absolute atomic E-state index is 9.62. The van der Waals surface area contributed by atoms with Crippen LogP contribution in [0.3, 0.4) is 0 Å². The van der Waals surface area contributed by atoms with Gasteiger partial charge in [0, 0.05) is 18.5 Å². The molecule has 1 heterocycles. The minimum Gasteiger partial charge on any atom is -0.496 e. The predicted molar refractivity (Wildman–Crippen MR) is 69.7 cm³/mol. The molecule has 0 saturated carbocycles. The Bertz CT molecular complexity index is 555. The molecule has 5 nitrogen and oxygen atoms in total. The maximum Gasteiger partial charge on any atom is 0.217 e. The highest BCUT2D eigenvalue weighted by atomic mass is 16.5. The Hall–Kier alpha value is -2.01. The fourth-order valence-electron chi connectivity index (χ4n) is 1.83. The van der Waals surface area contributed by atoms with E-state index in [0.29, 0.717) is 29.4 Å². The van der Waals surface area contributed by atoms with Gasteiger partial charge in [-0.3, -0.25) is 10.3 Å². The zero-order valence-corrected chi connectivity index (χ0v) is 10.7. The van der Waals surface area contributed by atoms with Crippen molar-refractivity contribution in [1.82, 2.24) is 4.98 Å². The molecule has 0 amide bonds. The minimum atomic E-state index is 0.483. The maximum atomic E-state index is 9.62. The Balaban J connectivity index is 2.71. The molecule has 0 aliphatic rings. The van der Waals surface area contributed by atoms with E-state index in [0.717, 1.165) is 10.4 Å². The van der Waals surface area contributed by atoms with E-state index in [1.54, 1.807) is 26.3 Å². The average molecular weight is 248 g/mol. The van der Waals surface area contributed by atoms with E-state index in [1.807, 2.05) is 19.1 Å². The van der Waals surface area contributed by atoms with Crippen LogP contribution < -0.4 is 14.5 Å². The van der Waals surface area contributed by atoms with Crippen LogP contribution >= 0.6 is 0 Å². The van der Waals surface area contributed by atoms with Crippen LogP contribution in [0.15, 0.2) is 24.3 Å². The number of pyridine rings is 1. The van der Waals surface area contributed by atoms with Crippen LogP contribution in [0.5, 0.6) is 11.6 Å². The molecule has 1 aromatic carbocycles. The van der Waals surface area contributed by atoms with E-state index in [-0.39, 0.29) is 0 Å². The van der Waals surface area contributed by atoms with Crippen molar-refractivity contribution in [2.45, 2.75) is 6.92 Å². The van der Waals surface area contributed by atoms with Gasteiger partial charge in [-0.05, 0) is 19.1 Å². The number of fused-ring (bicyclic) bond motifs is 1. The Labute approximate surface area is 106 Å². The number of anilines is 1. The number of methoxy groups -OCH3 is 1. The van der Waals surface area contributed by atoms with Crippen LogP contribution in [0.1, 0.15) is 6.92 Å². The molecule has 0 fully saturated rings. The van der Waals surface area contributed by atoms with E-state index < -0.39 is 0 Å². The zero-order chi connectivity index (χ0) is 13.1. The highest BCUT2D eigenvalue weighted by Gasteiger charge is 2.12. The number of hydroxylamine groups is 1. The SMILES string of the molecule is CCOc1cc(OC)c2cccc(N(C)O)c2n1. The van der Waals surface area contributed by atoms with E-state index >= 15 is 0 Å². The van der Waals surface area contributed by atoms with Gasteiger partial charge in [-0.1, -0.05) is 6.07 Å². The number of aromatic nitrogens is 1. The second kappa shape index (κ2) is 5.10. The fourth-order valence-corrected chi connectivity index (χ4v) is 1.83. The Morgan fingerprint density at radius 1 is 1.39 bits per heavy atom. The smallest absolute Gasteiger partial charge is 0.217 e. The number of rotatable bonds is 4.